The van der Waals surface area contributed by atoms with E-state index >= 15 is 0 Å². The Kier molecular flexibility index (Phi) is 6.35. The average molecular weight is 335 g/mol. The molecule has 1 amide bonds. The summed E-state index contributed by atoms with van der Waals surface area (Å²) in [5.74, 6) is 0.250. The molecule has 0 bridgehead atoms. The van der Waals surface area contributed by atoms with Crippen LogP contribution in [0.2, 0.25) is 0 Å². The molecule has 0 radical (unpaired) electrons. The molecule has 0 unspecified atom stereocenters. The number of pyridine rings is 1. The fourth-order valence-corrected chi connectivity index (χ4v) is 3.23. The van der Waals surface area contributed by atoms with Crippen molar-refractivity contribution in [1.29, 1.82) is 0 Å². The normalized spacial score (nSPS) is 20.5. The number of rotatable bonds is 6. The highest BCUT2D eigenvalue weighted by atomic mass is 16.1. The van der Waals surface area contributed by atoms with E-state index in [0.29, 0.717) is 6.04 Å². The molecule has 1 heterocycles. The molecule has 1 fully saturated rings. The summed E-state index contributed by atoms with van der Waals surface area (Å²) < 4.78 is 0. The molecule has 3 rings (SSSR count). The lowest BCUT2D eigenvalue weighted by Gasteiger charge is -2.28. The van der Waals surface area contributed by atoms with Crippen molar-refractivity contribution in [2.45, 2.75) is 31.7 Å². The Morgan fingerprint density at radius 3 is 2.48 bits per heavy atom. The third-order valence-electron chi connectivity index (χ3n) is 4.68. The van der Waals surface area contributed by atoms with E-state index in [4.69, 9.17) is 0 Å². The zero-order chi connectivity index (χ0) is 17.3. The number of carbonyl (C=O) groups is 1. The molecule has 130 valence electrons. The van der Waals surface area contributed by atoms with E-state index in [9.17, 15) is 4.79 Å². The van der Waals surface area contributed by atoms with Gasteiger partial charge in [0.05, 0.1) is 0 Å². The van der Waals surface area contributed by atoms with Crippen LogP contribution in [-0.2, 0) is 4.79 Å². The van der Waals surface area contributed by atoms with Crippen LogP contribution in [0, 0.1) is 5.92 Å². The van der Waals surface area contributed by atoms with E-state index in [1.54, 1.807) is 12.4 Å². The average Bonchev–Trinajstić information content (AvgIpc) is 2.67. The van der Waals surface area contributed by atoms with Gasteiger partial charge in [-0.3, -0.25) is 9.78 Å². The number of hydrogen-bond donors (Lipinski definition) is 2. The standard InChI is InChI=1S/C21H25N3O/c25-21(24-20-12-15-22-16-13-20)18-8-10-19(11-9-18)23-14-4-7-17-5-2-1-3-6-17/h1-7,12-13,15-16,18-19,23H,8-11,14H2,(H,22,24,25)/b7-4+. The number of anilines is 1. The first kappa shape index (κ1) is 17.4. The van der Waals surface area contributed by atoms with Gasteiger partial charge in [0, 0.05) is 36.6 Å². The minimum absolute atomic E-state index is 0.117. The molecule has 1 aliphatic carbocycles. The Bertz CT molecular complexity index is 677. The number of aromatic nitrogens is 1. The van der Waals surface area contributed by atoms with Crippen LogP contribution in [0.5, 0.6) is 0 Å². The fourth-order valence-electron chi connectivity index (χ4n) is 3.23. The molecule has 1 aromatic heterocycles. The molecule has 1 aromatic carbocycles. The van der Waals surface area contributed by atoms with Gasteiger partial charge in [-0.25, -0.2) is 0 Å². The molecule has 4 heteroatoms. The Labute approximate surface area is 149 Å². The van der Waals surface area contributed by atoms with Gasteiger partial charge in [0.15, 0.2) is 0 Å². The number of hydrogen-bond acceptors (Lipinski definition) is 3. The summed E-state index contributed by atoms with van der Waals surface area (Å²) in [5, 5.41) is 6.56. The number of nitrogens with zero attached hydrogens (tertiary/aromatic N) is 1. The maximum absolute atomic E-state index is 12.3. The smallest absolute Gasteiger partial charge is 0.227 e. The van der Waals surface area contributed by atoms with Gasteiger partial charge in [-0.2, -0.15) is 0 Å². The Hall–Kier alpha value is -2.46. The molecule has 1 aliphatic rings. The lowest BCUT2D eigenvalue weighted by molar-refractivity contribution is -0.120. The van der Waals surface area contributed by atoms with Crippen LogP contribution in [0.4, 0.5) is 5.69 Å². The van der Waals surface area contributed by atoms with Crippen LogP contribution >= 0.6 is 0 Å². The minimum Gasteiger partial charge on any atom is -0.326 e. The van der Waals surface area contributed by atoms with Crippen LogP contribution in [0.3, 0.4) is 0 Å². The highest BCUT2D eigenvalue weighted by molar-refractivity contribution is 5.92. The predicted octanol–water partition coefficient (Wildman–Crippen LogP) is 3.88. The highest BCUT2D eigenvalue weighted by Crippen LogP contribution is 2.25. The maximum Gasteiger partial charge on any atom is 0.227 e. The first-order valence-electron chi connectivity index (χ1n) is 8.97. The Morgan fingerprint density at radius 1 is 1.04 bits per heavy atom. The first-order valence-corrected chi connectivity index (χ1v) is 8.97. The van der Waals surface area contributed by atoms with Gasteiger partial charge in [-0.05, 0) is 43.4 Å². The van der Waals surface area contributed by atoms with Crippen molar-refractivity contribution in [3.63, 3.8) is 0 Å². The van der Waals surface area contributed by atoms with Crippen molar-refractivity contribution in [3.05, 3.63) is 66.5 Å². The Balaban J connectivity index is 1.37. The van der Waals surface area contributed by atoms with E-state index < -0.39 is 0 Å². The van der Waals surface area contributed by atoms with Gasteiger partial charge in [-0.15, -0.1) is 0 Å². The predicted molar refractivity (Wildman–Crippen MR) is 102 cm³/mol. The second kappa shape index (κ2) is 9.14. The van der Waals surface area contributed by atoms with Crippen LogP contribution in [0.1, 0.15) is 31.2 Å². The maximum atomic E-state index is 12.3. The third kappa shape index (κ3) is 5.54. The van der Waals surface area contributed by atoms with E-state index in [-0.39, 0.29) is 11.8 Å². The summed E-state index contributed by atoms with van der Waals surface area (Å²) in [6.07, 6.45) is 11.7. The number of benzene rings is 1. The van der Waals surface area contributed by atoms with Gasteiger partial charge in [0.1, 0.15) is 0 Å². The van der Waals surface area contributed by atoms with Crippen LogP contribution in [-0.4, -0.2) is 23.5 Å². The van der Waals surface area contributed by atoms with Crippen LogP contribution in [0.25, 0.3) is 6.08 Å². The van der Waals surface area contributed by atoms with E-state index in [1.165, 1.54) is 5.56 Å². The van der Waals surface area contributed by atoms with Crippen molar-refractivity contribution < 1.29 is 4.79 Å². The van der Waals surface area contributed by atoms with E-state index in [1.807, 2.05) is 30.3 Å². The Morgan fingerprint density at radius 2 is 1.76 bits per heavy atom. The van der Waals surface area contributed by atoms with Gasteiger partial charge in [-0.1, -0.05) is 42.5 Å². The second-order valence-electron chi connectivity index (χ2n) is 6.49. The molecular formula is C21H25N3O. The molecule has 2 aromatic rings. The summed E-state index contributed by atoms with van der Waals surface area (Å²) in [6, 6.07) is 14.5. The number of carbonyl (C=O) groups excluding carboxylic acids is 1. The topological polar surface area (TPSA) is 54.0 Å². The third-order valence-corrected chi connectivity index (χ3v) is 4.68. The minimum atomic E-state index is 0.117. The molecule has 0 saturated heterocycles. The van der Waals surface area contributed by atoms with Crippen LogP contribution in [0.15, 0.2) is 60.9 Å². The quantitative estimate of drug-likeness (QED) is 0.842. The summed E-state index contributed by atoms with van der Waals surface area (Å²) in [7, 11) is 0. The molecule has 25 heavy (non-hydrogen) atoms. The van der Waals surface area contributed by atoms with E-state index in [0.717, 1.165) is 37.9 Å². The summed E-state index contributed by atoms with van der Waals surface area (Å²) in [6.45, 7) is 0.868. The van der Waals surface area contributed by atoms with Crippen molar-refractivity contribution in [3.8, 4) is 0 Å². The number of amides is 1. The fraction of sp³-hybridized carbons (Fsp3) is 0.333. The highest BCUT2D eigenvalue weighted by Gasteiger charge is 2.25. The first-order chi connectivity index (χ1) is 12.3. The summed E-state index contributed by atoms with van der Waals surface area (Å²) in [5.41, 5.74) is 2.05. The molecule has 2 N–H and O–H groups in total. The molecule has 0 spiro atoms. The lowest BCUT2D eigenvalue weighted by atomic mass is 9.85. The van der Waals surface area contributed by atoms with Crippen LogP contribution < -0.4 is 10.6 Å². The summed E-state index contributed by atoms with van der Waals surface area (Å²) >= 11 is 0. The monoisotopic (exact) mass is 335 g/mol. The molecule has 0 atom stereocenters. The van der Waals surface area contributed by atoms with E-state index in [2.05, 4.69) is 39.9 Å². The molecular weight excluding hydrogens is 310 g/mol. The largest absolute Gasteiger partial charge is 0.326 e. The SMILES string of the molecule is O=C(Nc1ccncc1)C1CCC(NC/C=C/c2ccccc2)CC1. The molecule has 0 aliphatic heterocycles. The van der Waals surface area contributed by atoms with Gasteiger partial charge < -0.3 is 10.6 Å². The van der Waals surface area contributed by atoms with Crippen molar-refractivity contribution in [2.75, 3.05) is 11.9 Å². The van der Waals surface area contributed by atoms with Crippen molar-refractivity contribution in [2.24, 2.45) is 5.92 Å². The number of nitrogens with one attached hydrogen (secondary N) is 2. The van der Waals surface area contributed by atoms with Gasteiger partial charge >= 0.3 is 0 Å². The van der Waals surface area contributed by atoms with Gasteiger partial charge in [0.2, 0.25) is 5.91 Å². The molecule has 4 nitrogen and oxygen atoms in total. The summed E-state index contributed by atoms with van der Waals surface area (Å²) in [4.78, 5) is 16.3. The molecule has 1 saturated carbocycles. The van der Waals surface area contributed by atoms with Crippen molar-refractivity contribution in [1.82, 2.24) is 10.3 Å². The zero-order valence-corrected chi connectivity index (χ0v) is 14.4. The van der Waals surface area contributed by atoms with Crippen molar-refractivity contribution >= 4 is 17.7 Å². The zero-order valence-electron chi connectivity index (χ0n) is 14.4. The van der Waals surface area contributed by atoms with Gasteiger partial charge in [0.25, 0.3) is 0 Å². The second-order valence-corrected chi connectivity index (χ2v) is 6.49. The lowest BCUT2D eigenvalue weighted by Crippen LogP contribution is -2.36.